The van der Waals surface area contributed by atoms with Crippen molar-refractivity contribution in [3.63, 3.8) is 0 Å². The van der Waals surface area contributed by atoms with Crippen molar-refractivity contribution in [2.75, 3.05) is 6.54 Å². The second-order valence-electron chi connectivity index (χ2n) is 7.37. The summed E-state index contributed by atoms with van der Waals surface area (Å²) in [6.45, 7) is 0.786. The number of aryl methyl sites for hydroxylation is 1. The summed E-state index contributed by atoms with van der Waals surface area (Å²) in [4.78, 5) is 40.5. The second-order valence-corrected chi connectivity index (χ2v) is 7.37. The van der Waals surface area contributed by atoms with E-state index in [1.807, 2.05) is 60.7 Å². The van der Waals surface area contributed by atoms with Gasteiger partial charge in [0, 0.05) is 18.7 Å². The summed E-state index contributed by atoms with van der Waals surface area (Å²) in [5.41, 5.74) is 2.12. The molecular weight excluding hydrogens is 390 g/mol. The number of hydrogen-bond acceptors (Lipinski definition) is 3. The molecule has 1 aromatic heterocycles. The third-order valence-electron chi connectivity index (χ3n) is 5.25. The SMILES string of the molecule is O=C(NCCc1ccccc1)c1ccc2c(=O)n(CCc3ccccc3)c(=O)[nH]c2c1. The fraction of sp³-hybridized carbons (Fsp3) is 0.160. The Morgan fingerprint density at radius 1 is 0.839 bits per heavy atom. The molecule has 4 aromatic rings. The Bertz CT molecular complexity index is 1310. The number of aromatic amines is 1. The lowest BCUT2D eigenvalue weighted by molar-refractivity contribution is 0.0954. The monoisotopic (exact) mass is 413 g/mol. The number of aromatic nitrogens is 2. The van der Waals surface area contributed by atoms with E-state index in [0.717, 1.165) is 17.5 Å². The van der Waals surface area contributed by atoms with Crippen molar-refractivity contribution >= 4 is 16.8 Å². The Morgan fingerprint density at radius 2 is 1.48 bits per heavy atom. The highest BCUT2D eigenvalue weighted by molar-refractivity contribution is 5.97. The van der Waals surface area contributed by atoms with Gasteiger partial charge in [0.15, 0.2) is 0 Å². The first-order valence-corrected chi connectivity index (χ1v) is 10.2. The number of amides is 1. The number of fused-ring (bicyclic) bond motifs is 1. The molecule has 0 radical (unpaired) electrons. The van der Waals surface area contributed by atoms with E-state index in [2.05, 4.69) is 10.3 Å². The van der Waals surface area contributed by atoms with Crippen molar-refractivity contribution in [3.05, 3.63) is 116 Å². The van der Waals surface area contributed by atoms with Gasteiger partial charge in [0.1, 0.15) is 0 Å². The molecule has 0 saturated carbocycles. The van der Waals surface area contributed by atoms with Crippen LogP contribution in [0.2, 0.25) is 0 Å². The molecule has 0 aliphatic rings. The molecule has 156 valence electrons. The molecule has 0 saturated heterocycles. The highest BCUT2D eigenvalue weighted by atomic mass is 16.2. The number of hydrogen-bond donors (Lipinski definition) is 2. The molecule has 4 rings (SSSR count). The number of carbonyl (C=O) groups excluding carboxylic acids is 1. The highest BCUT2D eigenvalue weighted by Crippen LogP contribution is 2.10. The molecule has 2 N–H and O–H groups in total. The van der Waals surface area contributed by atoms with Crippen LogP contribution in [0, 0.1) is 0 Å². The van der Waals surface area contributed by atoms with Crippen LogP contribution in [-0.4, -0.2) is 22.0 Å². The third kappa shape index (κ3) is 4.80. The van der Waals surface area contributed by atoms with Crippen LogP contribution in [0.4, 0.5) is 0 Å². The lowest BCUT2D eigenvalue weighted by atomic mass is 10.1. The molecule has 0 atom stereocenters. The van der Waals surface area contributed by atoms with Gasteiger partial charge in [0.25, 0.3) is 11.5 Å². The number of nitrogens with one attached hydrogen (secondary N) is 2. The van der Waals surface area contributed by atoms with E-state index >= 15 is 0 Å². The highest BCUT2D eigenvalue weighted by Gasteiger charge is 2.11. The van der Waals surface area contributed by atoms with E-state index in [4.69, 9.17) is 0 Å². The minimum absolute atomic E-state index is 0.244. The Balaban J connectivity index is 1.49. The van der Waals surface area contributed by atoms with Crippen molar-refractivity contribution < 1.29 is 4.79 Å². The van der Waals surface area contributed by atoms with E-state index < -0.39 is 5.69 Å². The predicted octanol–water partition coefficient (Wildman–Crippen LogP) is 2.91. The molecule has 0 aliphatic carbocycles. The van der Waals surface area contributed by atoms with Crippen LogP contribution in [0.25, 0.3) is 10.9 Å². The van der Waals surface area contributed by atoms with Crippen LogP contribution >= 0.6 is 0 Å². The predicted molar refractivity (Wildman–Crippen MR) is 121 cm³/mol. The maximum absolute atomic E-state index is 12.8. The van der Waals surface area contributed by atoms with E-state index in [1.165, 1.54) is 4.57 Å². The summed E-state index contributed by atoms with van der Waals surface area (Å²) in [6, 6.07) is 24.4. The van der Waals surface area contributed by atoms with Crippen molar-refractivity contribution in [1.29, 1.82) is 0 Å². The standard InChI is InChI=1S/C25H23N3O3/c29-23(26-15-13-18-7-3-1-4-8-18)20-11-12-21-22(17-20)27-25(31)28(24(21)30)16-14-19-9-5-2-6-10-19/h1-12,17H,13-16H2,(H,26,29)(H,27,31). The zero-order valence-electron chi connectivity index (χ0n) is 17.0. The topological polar surface area (TPSA) is 84.0 Å². The molecule has 6 nitrogen and oxygen atoms in total. The molecule has 1 heterocycles. The Hall–Kier alpha value is -3.93. The van der Waals surface area contributed by atoms with E-state index in [1.54, 1.807) is 18.2 Å². The zero-order valence-corrected chi connectivity index (χ0v) is 17.0. The lowest BCUT2D eigenvalue weighted by Gasteiger charge is -2.09. The van der Waals surface area contributed by atoms with Gasteiger partial charge in [-0.2, -0.15) is 0 Å². The molecule has 31 heavy (non-hydrogen) atoms. The molecule has 0 spiro atoms. The molecule has 3 aromatic carbocycles. The van der Waals surface area contributed by atoms with Gasteiger partial charge < -0.3 is 10.3 Å². The molecule has 0 aliphatic heterocycles. The maximum Gasteiger partial charge on any atom is 0.328 e. The van der Waals surface area contributed by atoms with Gasteiger partial charge in [-0.15, -0.1) is 0 Å². The Labute approximate surface area is 179 Å². The summed E-state index contributed by atoms with van der Waals surface area (Å²) < 4.78 is 1.20. The van der Waals surface area contributed by atoms with Crippen molar-refractivity contribution in [2.45, 2.75) is 19.4 Å². The number of H-pyrrole nitrogens is 1. The maximum atomic E-state index is 12.8. The lowest BCUT2D eigenvalue weighted by Crippen LogP contribution is -2.35. The molecule has 0 bridgehead atoms. The summed E-state index contributed by atoms with van der Waals surface area (Å²) >= 11 is 0. The summed E-state index contributed by atoms with van der Waals surface area (Å²) in [5, 5.41) is 3.26. The smallest absolute Gasteiger partial charge is 0.328 e. The molecular formula is C25H23N3O3. The fourth-order valence-electron chi connectivity index (χ4n) is 3.55. The summed E-state index contributed by atoms with van der Waals surface area (Å²) in [5.74, 6) is -0.244. The third-order valence-corrected chi connectivity index (χ3v) is 5.25. The van der Waals surface area contributed by atoms with Crippen molar-refractivity contribution in [3.8, 4) is 0 Å². The van der Waals surface area contributed by atoms with Crippen LogP contribution in [0.15, 0.2) is 88.5 Å². The Morgan fingerprint density at radius 3 is 2.16 bits per heavy atom. The average Bonchev–Trinajstić information content (AvgIpc) is 2.80. The normalized spacial score (nSPS) is 10.8. The van der Waals surface area contributed by atoms with Gasteiger partial charge >= 0.3 is 5.69 Å². The minimum atomic E-state index is -0.477. The Kier molecular flexibility index (Phi) is 6.08. The second kappa shape index (κ2) is 9.26. The van der Waals surface area contributed by atoms with Gasteiger partial charge in [-0.25, -0.2) is 4.79 Å². The van der Waals surface area contributed by atoms with Crippen LogP contribution in [-0.2, 0) is 19.4 Å². The van der Waals surface area contributed by atoms with E-state index in [9.17, 15) is 14.4 Å². The molecule has 0 unspecified atom stereocenters. The quantitative estimate of drug-likeness (QED) is 0.489. The van der Waals surface area contributed by atoms with Gasteiger partial charge in [0.2, 0.25) is 0 Å². The molecule has 6 heteroatoms. The van der Waals surface area contributed by atoms with Crippen LogP contribution < -0.4 is 16.6 Å². The van der Waals surface area contributed by atoms with Crippen molar-refractivity contribution in [2.24, 2.45) is 0 Å². The first kappa shape index (κ1) is 20.3. The van der Waals surface area contributed by atoms with E-state index in [-0.39, 0.29) is 18.0 Å². The molecule has 1 amide bonds. The van der Waals surface area contributed by atoms with Gasteiger partial charge in [0.05, 0.1) is 10.9 Å². The van der Waals surface area contributed by atoms with Crippen LogP contribution in [0.5, 0.6) is 0 Å². The van der Waals surface area contributed by atoms with Crippen LogP contribution in [0.1, 0.15) is 21.5 Å². The summed E-state index contributed by atoms with van der Waals surface area (Å²) in [6.07, 6.45) is 1.31. The minimum Gasteiger partial charge on any atom is -0.352 e. The summed E-state index contributed by atoms with van der Waals surface area (Å²) in [7, 11) is 0. The molecule has 0 fully saturated rings. The van der Waals surface area contributed by atoms with Gasteiger partial charge in [-0.1, -0.05) is 60.7 Å². The van der Waals surface area contributed by atoms with E-state index in [0.29, 0.717) is 29.4 Å². The number of rotatable bonds is 7. The average molecular weight is 413 g/mol. The fourth-order valence-corrected chi connectivity index (χ4v) is 3.55. The zero-order chi connectivity index (χ0) is 21.6. The first-order valence-electron chi connectivity index (χ1n) is 10.2. The number of nitrogens with zero attached hydrogens (tertiary/aromatic N) is 1. The largest absolute Gasteiger partial charge is 0.352 e. The van der Waals surface area contributed by atoms with Crippen LogP contribution in [0.3, 0.4) is 0 Å². The van der Waals surface area contributed by atoms with Crippen molar-refractivity contribution in [1.82, 2.24) is 14.9 Å². The number of benzene rings is 3. The van der Waals surface area contributed by atoms with Gasteiger partial charge in [-0.3, -0.25) is 14.2 Å². The van der Waals surface area contributed by atoms with Gasteiger partial charge in [-0.05, 0) is 42.2 Å². The number of carbonyl (C=O) groups is 1. The first-order chi connectivity index (χ1) is 15.1.